The molecule has 0 aliphatic heterocycles. The lowest BCUT2D eigenvalue weighted by molar-refractivity contribution is -0.142. The normalized spacial score (nSPS) is 12.8. The first kappa shape index (κ1) is 17.4. The molecule has 1 amide bonds. The first-order chi connectivity index (χ1) is 9.60. The molecule has 1 atom stereocenters. The monoisotopic (exact) mass is 315 g/mol. The lowest BCUT2D eigenvalue weighted by Crippen LogP contribution is -2.35. The van der Waals surface area contributed by atoms with Gasteiger partial charge in [-0.3, -0.25) is 9.59 Å². The van der Waals surface area contributed by atoms with E-state index in [9.17, 15) is 14.0 Å². The van der Waals surface area contributed by atoms with Crippen molar-refractivity contribution < 1.29 is 19.1 Å². The van der Waals surface area contributed by atoms with E-state index in [1.54, 1.807) is 0 Å². The topological polar surface area (TPSA) is 66.4 Å². The van der Waals surface area contributed by atoms with Gasteiger partial charge in [0.05, 0.1) is 11.5 Å². The van der Waals surface area contributed by atoms with Gasteiger partial charge in [-0.25, -0.2) is 4.39 Å². The zero-order valence-corrected chi connectivity index (χ0v) is 13.0. The molecule has 0 aromatic heterocycles. The minimum Gasteiger partial charge on any atom is -0.481 e. The summed E-state index contributed by atoms with van der Waals surface area (Å²) in [7, 11) is 0. The molecule has 0 bridgehead atoms. The second kappa shape index (κ2) is 6.89. The number of aliphatic carboxylic acids is 1. The number of benzene rings is 1. The van der Waals surface area contributed by atoms with Gasteiger partial charge < -0.3 is 10.4 Å². The highest BCUT2D eigenvalue weighted by Gasteiger charge is 2.25. The largest absolute Gasteiger partial charge is 0.481 e. The van der Waals surface area contributed by atoms with Crippen LogP contribution in [0.25, 0.3) is 0 Å². The van der Waals surface area contributed by atoms with E-state index in [-0.39, 0.29) is 22.5 Å². The summed E-state index contributed by atoms with van der Waals surface area (Å²) in [6.45, 7) is 5.71. The Morgan fingerprint density at radius 3 is 2.48 bits per heavy atom. The van der Waals surface area contributed by atoms with Gasteiger partial charge in [0, 0.05) is 11.6 Å². The first-order valence-corrected chi connectivity index (χ1v) is 6.94. The number of carboxylic acids is 1. The number of hydrogen-bond donors (Lipinski definition) is 2. The average Bonchev–Trinajstić information content (AvgIpc) is 2.32. The molecule has 116 valence electrons. The fourth-order valence-electron chi connectivity index (χ4n) is 1.97. The highest BCUT2D eigenvalue weighted by molar-refractivity contribution is 6.30. The fourth-order valence-corrected chi connectivity index (χ4v) is 2.13. The van der Waals surface area contributed by atoms with Crippen LogP contribution in [0, 0.1) is 17.2 Å². The van der Waals surface area contributed by atoms with Gasteiger partial charge in [0.1, 0.15) is 5.82 Å². The number of amides is 1. The summed E-state index contributed by atoms with van der Waals surface area (Å²) in [6.07, 6.45) is 0.408. The molecule has 1 aromatic carbocycles. The molecule has 1 rings (SSSR count). The molecule has 1 unspecified atom stereocenters. The fraction of sp³-hybridized carbons (Fsp3) is 0.467. The molecule has 0 radical (unpaired) electrons. The highest BCUT2D eigenvalue weighted by Crippen LogP contribution is 2.24. The van der Waals surface area contributed by atoms with Crippen molar-refractivity contribution >= 4 is 23.5 Å². The van der Waals surface area contributed by atoms with E-state index in [0.717, 1.165) is 6.07 Å². The van der Waals surface area contributed by atoms with E-state index in [4.69, 9.17) is 16.7 Å². The average molecular weight is 316 g/mol. The molecular weight excluding hydrogens is 297 g/mol. The van der Waals surface area contributed by atoms with E-state index in [1.807, 2.05) is 20.8 Å². The van der Waals surface area contributed by atoms with Crippen LogP contribution in [-0.4, -0.2) is 23.5 Å². The van der Waals surface area contributed by atoms with Crippen LogP contribution in [0.3, 0.4) is 0 Å². The number of nitrogens with one attached hydrogen (secondary N) is 1. The van der Waals surface area contributed by atoms with Crippen molar-refractivity contribution in [3.8, 4) is 0 Å². The van der Waals surface area contributed by atoms with Crippen LogP contribution in [0.1, 0.15) is 37.6 Å². The second-order valence-electron chi connectivity index (χ2n) is 6.13. The summed E-state index contributed by atoms with van der Waals surface area (Å²) in [4.78, 5) is 23.1. The van der Waals surface area contributed by atoms with Gasteiger partial charge in [0.25, 0.3) is 5.91 Å². The van der Waals surface area contributed by atoms with E-state index >= 15 is 0 Å². The molecule has 0 aliphatic carbocycles. The Balaban J connectivity index is 2.71. The lowest BCUT2D eigenvalue weighted by Gasteiger charge is -2.23. The van der Waals surface area contributed by atoms with E-state index in [1.165, 1.54) is 12.1 Å². The number of carbonyl (C=O) groups excluding carboxylic acids is 1. The quantitative estimate of drug-likeness (QED) is 0.875. The van der Waals surface area contributed by atoms with Crippen molar-refractivity contribution in [3.05, 3.63) is 34.6 Å². The van der Waals surface area contributed by atoms with Crippen LogP contribution in [0.5, 0.6) is 0 Å². The van der Waals surface area contributed by atoms with Crippen molar-refractivity contribution in [2.24, 2.45) is 11.3 Å². The molecule has 0 saturated carbocycles. The number of rotatable bonds is 5. The molecule has 4 nitrogen and oxygen atoms in total. The van der Waals surface area contributed by atoms with Crippen LogP contribution in [0.2, 0.25) is 5.02 Å². The molecule has 0 saturated heterocycles. The van der Waals surface area contributed by atoms with Gasteiger partial charge in [-0.1, -0.05) is 32.4 Å². The van der Waals surface area contributed by atoms with Gasteiger partial charge in [-0.15, -0.1) is 0 Å². The molecular formula is C15H19ClFNO3. The Morgan fingerprint density at radius 2 is 2.00 bits per heavy atom. The first-order valence-electron chi connectivity index (χ1n) is 6.56. The third-order valence-corrected chi connectivity index (χ3v) is 3.13. The Bertz CT molecular complexity index is 540. The number of carbonyl (C=O) groups is 2. The van der Waals surface area contributed by atoms with Crippen molar-refractivity contribution in [2.75, 3.05) is 6.54 Å². The molecule has 2 N–H and O–H groups in total. The summed E-state index contributed by atoms with van der Waals surface area (Å²) in [5.74, 6) is -3.09. The number of carboxylic acid groups (broad SMARTS) is 1. The van der Waals surface area contributed by atoms with Gasteiger partial charge in [0.2, 0.25) is 0 Å². The van der Waals surface area contributed by atoms with Crippen LogP contribution in [0.15, 0.2) is 18.2 Å². The zero-order chi connectivity index (χ0) is 16.2. The van der Waals surface area contributed by atoms with Crippen molar-refractivity contribution in [3.63, 3.8) is 0 Å². The van der Waals surface area contributed by atoms with Crippen LogP contribution >= 0.6 is 11.6 Å². The smallest absolute Gasteiger partial charge is 0.308 e. The van der Waals surface area contributed by atoms with Gasteiger partial charge in [-0.05, 0) is 30.0 Å². The maximum absolute atomic E-state index is 13.6. The lowest BCUT2D eigenvalue weighted by atomic mass is 9.84. The summed E-state index contributed by atoms with van der Waals surface area (Å²) in [5, 5.41) is 11.8. The Hall–Kier alpha value is -1.62. The van der Waals surface area contributed by atoms with Gasteiger partial charge in [0.15, 0.2) is 0 Å². The molecule has 1 aromatic rings. The molecule has 6 heteroatoms. The molecule has 0 aliphatic rings. The molecule has 0 fully saturated rings. The minimum absolute atomic E-state index is 0.0481. The van der Waals surface area contributed by atoms with Crippen molar-refractivity contribution in [1.82, 2.24) is 5.32 Å². The third-order valence-electron chi connectivity index (χ3n) is 2.89. The SMILES string of the molecule is CC(C)(C)CC(CNC(=O)c1ccc(Cl)cc1F)C(=O)O. The molecule has 21 heavy (non-hydrogen) atoms. The maximum Gasteiger partial charge on any atom is 0.308 e. The second-order valence-corrected chi connectivity index (χ2v) is 6.57. The Labute approximate surface area is 128 Å². The van der Waals surface area contributed by atoms with E-state index in [0.29, 0.717) is 6.42 Å². The van der Waals surface area contributed by atoms with Crippen LogP contribution < -0.4 is 5.32 Å². The standard InChI is InChI=1S/C15H19ClFNO3/c1-15(2,3)7-9(14(20)21)8-18-13(19)11-5-4-10(16)6-12(11)17/h4-6,9H,7-8H2,1-3H3,(H,18,19)(H,20,21). The molecule has 0 heterocycles. The van der Waals surface area contributed by atoms with E-state index < -0.39 is 23.6 Å². The predicted octanol–water partition coefficient (Wildman–Crippen LogP) is 3.35. The maximum atomic E-state index is 13.6. The van der Waals surface area contributed by atoms with Gasteiger partial charge >= 0.3 is 5.97 Å². The summed E-state index contributed by atoms with van der Waals surface area (Å²) in [6, 6.07) is 3.72. The predicted molar refractivity (Wildman–Crippen MR) is 78.9 cm³/mol. The Kier molecular flexibility index (Phi) is 5.72. The van der Waals surface area contributed by atoms with Crippen molar-refractivity contribution in [2.45, 2.75) is 27.2 Å². The zero-order valence-electron chi connectivity index (χ0n) is 12.2. The van der Waals surface area contributed by atoms with E-state index in [2.05, 4.69) is 5.32 Å². The third kappa shape index (κ3) is 5.71. The summed E-state index contributed by atoms with van der Waals surface area (Å²) < 4.78 is 13.6. The Morgan fingerprint density at radius 1 is 1.38 bits per heavy atom. The molecule has 0 spiro atoms. The summed E-state index contributed by atoms with van der Waals surface area (Å²) >= 11 is 5.61. The number of hydrogen-bond acceptors (Lipinski definition) is 2. The van der Waals surface area contributed by atoms with Crippen LogP contribution in [0.4, 0.5) is 4.39 Å². The number of halogens is 2. The van der Waals surface area contributed by atoms with Crippen LogP contribution in [-0.2, 0) is 4.79 Å². The minimum atomic E-state index is -0.984. The summed E-state index contributed by atoms with van der Waals surface area (Å²) in [5.41, 5.74) is -0.335. The highest BCUT2D eigenvalue weighted by atomic mass is 35.5. The van der Waals surface area contributed by atoms with Gasteiger partial charge in [-0.2, -0.15) is 0 Å². The van der Waals surface area contributed by atoms with Crippen molar-refractivity contribution in [1.29, 1.82) is 0 Å².